The van der Waals surface area contributed by atoms with Crippen LogP contribution in [0.5, 0.6) is 17.2 Å². The molecule has 3 heterocycles. The van der Waals surface area contributed by atoms with Gasteiger partial charge in [0.05, 0.1) is 26.7 Å². The Balaban J connectivity index is 1.58. The highest BCUT2D eigenvalue weighted by molar-refractivity contribution is 7.18. The molecule has 0 amide bonds. The van der Waals surface area contributed by atoms with E-state index in [0.717, 1.165) is 52.5 Å². The molecule has 1 aliphatic heterocycles. The number of hydrogen-bond donors (Lipinski definition) is 0. The Hall–Kier alpha value is -2.58. The number of rotatable bonds is 5. The predicted octanol–water partition coefficient (Wildman–Crippen LogP) is 2.85. The summed E-state index contributed by atoms with van der Waals surface area (Å²) >= 11 is 1.58. The van der Waals surface area contributed by atoms with Crippen LogP contribution in [0, 0.1) is 6.92 Å². The molecule has 0 spiro atoms. The van der Waals surface area contributed by atoms with Gasteiger partial charge in [0, 0.05) is 37.5 Å². The molecule has 0 saturated carbocycles. The van der Waals surface area contributed by atoms with E-state index in [1.165, 1.54) is 0 Å². The van der Waals surface area contributed by atoms with E-state index >= 15 is 0 Å². The van der Waals surface area contributed by atoms with Crippen LogP contribution < -0.4 is 19.8 Å². The maximum Gasteiger partial charge on any atom is 0.262 e. The number of aryl methyl sites for hydroxylation is 1. The lowest BCUT2D eigenvalue weighted by Gasteiger charge is -2.21. The van der Waals surface area contributed by atoms with Crippen molar-refractivity contribution in [2.45, 2.75) is 26.4 Å². The molecule has 0 bridgehead atoms. The van der Waals surface area contributed by atoms with E-state index in [-0.39, 0.29) is 5.56 Å². The molecule has 154 valence electrons. The number of methoxy groups -OCH3 is 3. The van der Waals surface area contributed by atoms with Gasteiger partial charge < -0.3 is 14.2 Å². The van der Waals surface area contributed by atoms with Crippen LogP contribution in [-0.4, -0.2) is 48.9 Å². The highest BCUT2D eigenvalue weighted by atomic mass is 32.1. The van der Waals surface area contributed by atoms with Crippen LogP contribution in [0.2, 0.25) is 0 Å². The molecule has 4 rings (SSSR count). The van der Waals surface area contributed by atoms with Gasteiger partial charge in [0.25, 0.3) is 5.56 Å². The Labute approximate surface area is 173 Å². The average Bonchev–Trinajstić information content (AvgIpc) is 2.98. The van der Waals surface area contributed by atoms with Gasteiger partial charge in [-0.3, -0.25) is 14.3 Å². The van der Waals surface area contributed by atoms with E-state index in [9.17, 15) is 4.79 Å². The van der Waals surface area contributed by atoms with E-state index in [1.54, 1.807) is 32.7 Å². The van der Waals surface area contributed by atoms with Crippen molar-refractivity contribution in [3.8, 4) is 17.2 Å². The molecule has 0 atom stereocenters. The van der Waals surface area contributed by atoms with E-state index in [1.807, 2.05) is 29.7 Å². The van der Waals surface area contributed by atoms with Crippen molar-refractivity contribution < 1.29 is 14.2 Å². The van der Waals surface area contributed by atoms with Crippen molar-refractivity contribution in [2.75, 3.05) is 34.4 Å². The van der Waals surface area contributed by atoms with Crippen molar-refractivity contribution >= 4 is 21.6 Å². The Morgan fingerprint density at radius 3 is 2.41 bits per heavy atom. The zero-order chi connectivity index (χ0) is 20.5. The van der Waals surface area contributed by atoms with Gasteiger partial charge in [0.2, 0.25) is 5.75 Å². The first kappa shape index (κ1) is 19.7. The fourth-order valence-electron chi connectivity index (χ4n) is 3.85. The number of ether oxygens (including phenoxy) is 3. The second-order valence-electron chi connectivity index (χ2n) is 7.12. The molecule has 2 aromatic heterocycles. The smallest absolute Gasteiger partial charge is 0.262 e. The van der Waals surface area contributed by atoms with Crippen molar-refractivity contribution in [3.63, 3.8) is 0 Å². The molecule has 0 radical (unpaired) electrons. The Bertz CT molecular complexity index is 1080. The summed E-state index contributed by atoms with van der Waals surface area (Å²) in [7, 11) is 4.84. The lowest BCUT2D eigenvalue weighted by Crippen LogP contribution is -2.28. The minimum absolute atomic E-state index is 0.0731. The van der Waals surface area contributed by atoms with Gasteiger partial charge in [-0.2, -0.15) is 0 Å². The summed E-state index contributed by atoms with van der Waals surface area (Å²) in [5, 5.41) is 0.731. The summed E-state index contributed by atoms with van der Waals surface area (Å²) < 4.78 is 18.2. The molecule has 0 saturated heterocycles. The largest absolute Gasteiger partial charge is 0.493 e. The van der Waals surface area contributed by atoms with Crippen molar-refractivity contribution in [1.82, 2.24) is 14.5 Å². The van der Waals surface area contributed by atoms with Gasteiger partial charge >= 0.3 is 0 Å². The first-order chi connectivity index (χ1) is 14.0. The monoisotopic (exact) mass is 415 g/mol. The number of nitrogens with zero attached hydrogens (tertiary/aromatic N) is 3. The Morgan fingerprint density at radius 2 is 1.76 bits per heavy atom. The molecule has 0 unspecified atom stereocenters. The third-order valence-electron chi connectivity index (χ3n) is 5.28. The molecule has 0 aliphatic carbocycles. The Kier molecular flexibility index (Phi) is 5.47. The highest BCUT2D eigenvalue weighted by Gasteiger charge is 2.20. The van der Waals surface area contributed by atoms with Crippen LogP contribution in [-0.2, 0) is 19.5 Å². The van der Waals surface area contributed by atoms with Crippen LogP contribution >= 0.6 is 11.3 Å². The SMILES string of the molecule is COc1cc(CN2CCc3nc4sc(C)cc4c(=O)n3CC2)cc(OC)c1OC. The molecule has 1 aliphatic rings. The lowest BCUT2D eigenvalue weighted by atomic mass is 10.1. The van der Waals surface area contributed by atoms with Crippen LogP contribution in [0.1, 0.15) is 16.3 Å². The summed E-state index contributed by atoms with van der Waals surface area (Å²) in [6, 6.07) is 5.90. The minimum atomic E-state index is 0.0731. The number of benzene rings is 1. The van der Waals surface area contributed by atoms with E-state index in [4.69, 9.17) is 19.2 Å². The third-order valence-corrected chi connectivity index (χ3v) is 6.22. The molecule has 0 fully saturated rings. The molecule has 3 aromatic rings. The number of hydrogen-bond acceptors (Lipinski definition) is 7. The predicted molar refractivity (Wildman–Crippen MR) is 114 cm³/mol. The first-order valence-corrected chi connectivity index (χ1v) is 10.4. The molecule has 29 heavy (non-hydrogen) atoms. The zero-order valence-electron chi connectivity index (χ0n) is 17.2. The molecule has 0 N–H and O–H groups in total. The number of thiophene rings is 1. The minimum Gasteiger partial charge on any atom is -0.493 e. The third kappa shape index (κ3) is 3.70. The molecular weight excluding hydrogens is 390 g/mol. The normalized spacial score (nSPS) is 14.5. The average molecular weight is 416 g/mol. The van der Waals surface area contributed by atoms with Gasteiger partial charge in [0.15, 0.2) is 11.5 Å². The quantitative estimate of drug-likeness (QED) is 0.639. The first-order valence-electron chi connectivity index (χ1n) is 9.55. The number of aromatic nitrogens is 2. The maximum atomic E-state index is 12.9. The molecule has 8 heteroatoms. The van der Waals surface area contributed by atoms with Crippen LogP contribution in [0.15, 0.2) is 23.0 Å². The number of fused-ring (bicyclic) bond motifs is 2. The van der Waals surface area contributed by atoms with E-state index in [2.05, 4.69) is 4.90 Å². The van der Waals surface area contributed by atoms with Crippen molar-refractivity contribution in [2.24, 2.45) is 0 Å². The van der Waals surface area contributed by atoms with Crippen LogP contribution in [0.3, 0.4) is 0 Å². The zero-order valence-corrected chi connectivity index (χ0v) is 18.0. The molecule has 1 aromatic carbocycles. The maximum absolute atomic E-state index is 12.9. The molecular formula is C21H25N3O4S. The second-order valence-corrected chi connectivity index (χ2v) is 8.36. The summed E-state index contributed by atoms with van der Waals surface area (Å²) in [5.74, 6) is 2.76. The summed E-state index contributed by atoms with van der Waals surface area (Å²) in [6.45, 7) is 4.99. The van der Waals surface area contributed by atoms with Crippen molar-refractivity contribution in [1.29, 1.82) is 0 Å². The van der Waals surface area contributed by atoms with Gasteiger partial charge in [-0.05, 0) is 30.7 Å². The fraction of sp³-hybridized carbons (Fsp3) is 0.429. The van der Waals surface area contributed by atoms with Gasteiger partial charge in [0.1, 0.15) is 10.7 Å². The van der Waals surface area contributed by atoms with Crippen LogP contribution in [0.4, 0.5) is 0 Å². The van der Waals surface area contributed by atoms with Gasteiger partial charge in [-0.1, -0.05) is 0 Å². The second kappa shape index (κ2) is 8.04. The van der Waals surface area contributed by atoms with Gasteiger partial charge in [-0.15, -0.1) is 11.3 Å². The van der Waals surface area contributed by atoms with Crippen molar-refractivity contribution in [3.05, 3.63) is 44.8 Å². The van der Waals surface area contributed by atoms with E-state index in [0.29, 0.717) is 23.8 Å². The van der Waals surface area contributed by atoms with Gasteiger partial charge in [-0.25, -0.2) is 4.98 Å². The Morgan fingerprint density at radius 1 is 1.03 bits per heavy atom. The summed E-state index contributed by atoms with van der Waals surface area (Å²) in [6.07, 6.45) is 0.743. The summed E-state index contributed by atoms with van der Waals surface area (Å²) in [4.78, 5) is 22.0. The fourth-order valence-corrected chi connectivity index (χ4v) is 4.74. The molecule has 7 nitrogen and oxygen atoms in total. The standard InChI is InChI=1S/C21H25N3O4S/c1-13-9-15-20(29-13)22-18-5-6-23(7-8-24(18)21(15)25)12-14-10-16(26-2)19(28-4)17(11-14)27-3/h9-11H,5-8,12H2,1-4H3. The highest BCUT2D eigenvalue weighted by Crippen LogP contribution is 2.38. The lowest BCUT2D eigenvalue weighted by molar-refractivity contribution is 0.269. The topological polar surface area (TPSA) is 65.8 Å². The summed E-state index contributed by atoms with van der Waals surface area (Å²) in [5.41, 5.74) is 1.14. The van der Waals surface area contributed by atoms with E-state index < -0.39 is 0 Å². The van der Waals surface area contributed by atoms with Crippen LogP contribution in [0.25, 0.3) is 10.2 Å².